The first-order valence-corrected chi connectivity index (χ1v) is 7.61. The minimum Gasteiger partial charge on any atom is -0.469 e. The van der Waals surface area contributed by atoms with Gasteiger partial charge in [-0.05, 0) is 31.9 Å². The third kappa shape index (κ3) is 3.36. The summed E-state index contributed by atoms with van der Waals surface area (Å²) in [6.07, 6.45) is 8.62. The molecule has 3 atom stereocenters. The lowest BCUT2D eigenvalue weighted by Crippen LogP contribution is -2.39. The van der Waals surface area contributed by atoms with Crippen molar-refractivity contribution in [2.45, 2.75) is 44.4 Å². The van der Waals surface area contributed by atoms with Crippen LogP contribution in [0.5, 0.6) is 0 Å². The van der Waals surface area contributed by atoms with Gasteiger partial charge in [-0.25, -0.2) is 4.98 Å². The Bertz CT molecular complexity index is 550. The predicted molar refractivity (Wildman–Crippen MR) is 79.9 cm³/mol. The first kappa shape index (κ1) is 14.4. The summed E-state index contributed by atoms with van der Waals surface area (Å²) in [7, 11) is 2.02. The molecule has 5 nitrogen and oxygen atoms in total. The molecule has 0 unspecified atom stereocenters. The lowest BCUT2D eigenvalue weighted by Gasteiger charge is -2.23. The van der Waals surface area contributed by atoms with E-state index >= 15 is 0 Å². The molecule has 3 heterocycles. The maximum absolute atomic E-state index is 5.88. The van der Waals surface area contributed by atoms with Crippen LogP contribution in [-0.4, -0.2) is 28.2 Å². The summed E-state index contributed by atoms with van der Waals surface area (Å²) < 4.78 is 13.3. The summed E-state index contributed by atoms with van der Waals surface area (Å²) in [6.45, 7) is 3.01. The van der Waals surface area contributed by atoms with Crippen LogP contribution in [-0.2, 0) is 18.2 Å². The van der Waals surface area contributed by atoms with E-state index in [0.29, 0.717) is 12.1 Å². The van der Waals surface area contributed by atoms with E-state index in [4.69, 9.17) is 9.15 Å². The summed E-state index contributed by atoms with van der Waals surface area (Å²) in [5, 5.41) is 3.69. The van der Waals surface area contributed by atoms with Crippen LogP contribution in [0.15, 0.2) is 35.2 Å². The maximum Gasteiger partial charge on any atom is 0.139 e. The van der Waals surface area contributed by atoms with Crippen LogP contribution in [0.1, 0.15) is 37.5 Å². The molecule has 0 amide bonds. The van der Waals surface area contributed by atoms with Gasteiger partial charge in [-0.2, -0.15) is 0 Å². The molecule has 0 saturated carbocycles. The molecule has 0 bridgehead atoms. The van der Waals surface area contributed by atoms with Gasteiger partial charge in [-0.3, -0.25) is 0 Å². The highest BCUT2D eigenvalue weighted by molar-refractivity contribution is 5.03. The van der Waals surface area contributed by atoms with E-state index in [-0.39, 0.29) is 6.10 Å². The van der Waals surface area contributed by atoms with Gasteiger partial charge in [-0.15, -0.1) is 0 Å². The zero-order valence-electron chi connectivity index (χ0n) is 12.7. The molecule has 1 aliphatic rings. The number of nitrogens with one attached hydrogen (secondary N) is 1. The van der Waals surface area contributed by atoms with Crippen molar-refractivity contribution < 1.29 is 9.15 Å². The zero-order valence-corrected chi connectivity index (χ0v) is 12.7. The summed E-state index contributed by atoms with van der Waals surface area (Å²) >= 11 is 0. The summed E-state index contributed by atoms with van der Waals surface area (Å²) in [5.41, 5.74) is 0. The SMILES string of the molecule is C[C@H](CCc1ccco1)N[C@H]1CCO[C@@H]1c1nccn1C. The molecule has 0 aliphatic carbocycles. The van der Waals surface area contributed by atoms with Crippen molar-refractivity contribution in [3.05, 3.63) is 42.4 Å². The van der Waals surface area contributed by atoms with Gasteiger partial charge in [0, 0.05) is 44.6 Å². The second-order valence-corrected chi connectivity index (χ2v) is 5.77. The molecule has 3 rings (SSSR count). The van der Waals surface area contributed by atoms with Crippen molar-refractivity contribution in [2.24, 2.45) is 7.05 Å². The van der Waals surface area contributed by atoms with Crippen LogP contribution < -0.4 is 5.32 Å². The Morgan fingerprint density at radius 1 is 1.52 bits per heavy atom. The highest BCUT2D eigenvalue weighted by Crippen LogP contribution is 2.28. The summed E-state index contributed by atoms with van der Waals surface area (Å²) in [6, 6.07) is 4.72. The lowest BCUT2D eigenvalue weighted by atomic mass is 10.1. The first-order valence-electron chi connectivity index (χ1n) is 7.61. The number of aromatic nitrogens is 2. The number of nitrogens with zero attached hydrogens (tertiary/aromatic N) is 2. The van der Waals surface area contributed by atoms with Crippen LogP contribution in [0, 0.1) is 0 Å². The Balaban J connectivity index is 1.55. The fourth-order valence-electron chi connectivity index (χ4n) is 2.93. The first-order chi connectivity index (χ1) is 10.2. The maximum atomic E-state index is 5.88. The van der Waals surface area contributed by atoms with Gasteiger partial charge in [0.25, 0.3) is 0 Å². The molecule has 21 heavy (non-hydrogen) atoms. The topological polar surface area (TPSA) is 52.2 Å². The molecule has 5 heteroatoms. The third-order valence-electron chi connectivity index (χ3n) is 4.11. The second-order valence-electron chi connectivity index (χ2n) is 5.77. The molecule has 1 saturated heterocycles. The van der Waals surface area contributed by atoms with Crippen LogP contribution in [0.3, 0.4) is 0 Å². The van der Waals surface area contributed by atoms with Crippen LogP contribution >= 0.6 is 0 Å². The van der Waals surface area contributed by atoms with Gasteiger partial charge in [0.1, 0.15) is 17.7 Å². The predicted octanol–water partition coefficient (Wildman–Crippen LogP) is 2.45. The van der Waals surface area contributed by atoms with Gasteiger partial charge >= 0.3 is 0 Å². The van der Waals surface area contributed by atoms with E-state index in [0.717, 1.165) is 37.5 Å². The number of hydrogen-bond donors (Lipinski definition) is 1. The smallest absolute Gasteiger partial charge is 0.139 e. The molecule has 1 aliphatic heterocycles. The van der Waals surface area contributed by atoms with Gasteiger partial charge in [0.05, 0.1) is 6.26 Å². The molecule has 1 N–H and O–H groups in total. The Kier molecular flexibility index (Phi) is 4.41. The molecule has 0 spiro atoms. The molecule has 114 valence electrons. The number of aryl methyl sites for hydroxylation is 2. The Hall–Kier alpha value is -1.59. The average Bonchev–Trinajstić information content (AvgIpc) is 3.18. The number of furan rings is 1. The van der Waals surface area contributed by atoms with Crippen LogP contribution in [0.25, 0.3) is 0 Å². The molecular formula is C16H23N3O2. The molecule has 2 aromatic rings. The van der Waals surface area contributed by atoms with Crippen molar-refractivity contribution in [3.63, 3.8) is 0 Å². The zero-order chi connectivity index (χ0) is 14.7. The van der Waals surface area contributed by atoms with Crippen LogP contribution in [0.2, 0.25) is 0 Å². The van der Waals surface area contributed by atoms with E-state index in [2.05, 4.69) is 17.2 Å². The molecule has 0 aromatic carbocycles. The number of imidazole rings is 1. The highest BCUT2D eigenvalue weighted by atomic mass is 16.5. The monoisotopic (exact) mass is 289 g/mol. The number of ether oxygens (including phenoxy) is 1. The van der Waals surface area contributed by atoms with E-state index in [1.54, 1.807) is 6.26 Å². The van der Waals surface area contributed by atoms with E-state index in [1.165, 1.54) is 0 Å². The van der Waals surface area contributed by atoms with Crippen molar-refractivity contribution >= 4 is 0 Å². The van der Waals surface area contributed by atoms with Gasteiger partial charge < -0.3 is 19.0 Å². The number of rotatable bonds is 6. The van der Waals surface area contributed by atoms with E-state index in [9.17, 15) is 0 Å². The Morgan fingerprint density at radius 3 is 3.14 bits per heavy atom. The largest absolute Gasteiger partial charge is 0.469 e. The molecular weight excluding hydrogens is 266 g/mol. The standard InChI is InChI=1S/C16H23N3O2/c1-12(5-6-13-4-3-10-20-13)18-14-7-11-21-15(14)16-17-8-9-19(16)2/h3-4,8-10,12,14-15,18H,5-7,11H2,1-2H3/t12-,14+,15+/m1/s1. The number of hydrogen-bond acceptors (Lipinski definition) is 4. The fraction of sp³-hybridized carbons (Fsp3) is 0.562. The summed E-state index contributed by atoms with van der Waals surface area (Å²) in [5.74, 6) is 2.05. The van der Waals surface area contributed by atoms with E-state index in [1.807, 2.05) is 36.1 Å². The minimum absolute atomic E-state index is 0.0519. The molecule has 2 aromatic heterocycles. The molecule has 0 radical (unpaired) electrons. The Labute approximate surface area is 125 Å². The van der Waals surface area contributed by atoms with Gasteiger partial charge in [0.15, 0.2) is 0 Å². The van der Waals surface area contributed by atoms with Crippen molar-refractivity contribution in [3.8, 4) is 0 Å². The molecule has 1 fully saturated rings. The lowest BCUT2D eigenvalue weighted by molar-refractivity contribution is 0.0874. The second kappa shape index (κ2) is 6.45. The van der Waals surface area contributed by atoms with Gasteiger partial charge in [0.2, 0.25) is 0 Å². The average molecular weight is 289 g/mol. The third-order valence-corrected chi connectivity index (χ3v) is 4.11. The fourth-order valence-corrected chi connectivity index (χ4v) is 2.93. The quantitative estimate of drug-likeness (QED) is 0.887. The van der Waals surface area contributed by atoms with Gasteiger partial charge in [-0.1, -0.05) is 0 Å². The minimum atomic E-state index is 0.0519. The summed E-state index contributed by atoms with van der Waals surface area (Å²) in [4.78, 5) is 4.42. The Morgan fingerprint density at radius 2 is 2.43 bits per heavy atom. The van der Waals surface area contributed by atoms with E-state index < -0.39 is 0 Å². The highest BCUT2D eigenvalue weighted by Gasteiger charge is 2.32. The van der Waals surface area contributed by atoms with Crippen molar-refractivity contribution in [1.29, 1.82) is 0 Å². The van der Waals surface area contributed by atoms with Crippen molar-refractivity contribution in [2.75, 3.05) is 6.61 Å². The normalized spacial score (nSPS) is 23.5. The van der Waals surface area contributed by atoms with Crippen LogP contribution in [0.4, 0.5) is 0 Å². The van der Waals surface area contributed by atoms with Crippen molar-refractivity contribution in [1.82, 2.24) is 14.9 Å².